The van der Waals surface area contributed by atoms with E-state index >= 15 is 0 Å². The highest BCUT2D eigenvalue weighted by atomic mass is 32.2. The third-order valence-corrected chi connectivity index (χ3v) is 6.81. The summed E-state index contributed by atoms with van der Waals surface area (Å²) in [6, 6.07) is -0.690. The highest BCUT2D eigenvalue weighted by Gasteiger charge is 2.36. The van der Waals surface area contributed by atoms with Crippen LogP contribution in [0, 0.1) is 0 Å². The topological polar surface area (TPSA) is 104 Å². The average molecular weight is 389 g/mol. The summed E-state index contributed by atoms with van der Waals surface area (Å²) in [5.74, 6) is -1.49. The van der Waals surface area contributed by atoms with Crippen LogP contribution in [0.2, 0.25) is 0 Å². The standard InChI is InChI=1S/C16H27N3O6S/c1-4-25-16(22)15(21)19-8-6-18(7-9-19)12(2)14(20)17(3)13-5-10-26(23,24)11-13/h12-13H,4-11H2,1-3H3/t12-,13+/m0/s1. The molecule has 0 aromatic carbocycles. The Kier molecular flexibility index (Phi) is 6.62. The first-order chi connectivity index (χ1) is 12.2. The molecule has 2 aliphatic heterocycles. The Morgan fingerprint density at radius 2 is 1.81 bits per heavy atom. The van der Waals surface area contributed by atoms with Crippen LogP contribution in [-0.2, 0) is 29.0 Å². The summed E-state index contributed by atoms with van der Waals surface area (Å²) in [4.78, 5) is 41.0. The van der Waals surface area contributed by atoms with Crippen LogP contribution >= 0.6 is 0 Å². The van der Waals surface area contributed by atoms with E-state index in [1.807, 2.05) is 4.90 Å². The summed E-state index contributed by atoms with van der Waals surface area (Å²) >= 11 is 0. The Morgan fingerprint density at radius 3 is 2.31 bits per heavy atom. The lowest BCUT2D eigenvalue weighted by Crippen LogP contribution is -2.57. The Balaban J connectivity index is 1.87. The Bertz CT molecular complexity index is 657. The number of likely N-dealkylation sites (N-methyl/N-ethyl adjacent to an activating group) is 1. The van der Waals surface area contributed by atoms with Crippen LogP contribution in [-0.4, -0.2) is 104 Å². The van der Waals surface area contributed by atoms with Crippen LogP contribution in [0.3, 0.4) is 0 Å². The maximum Gasteiger partial charge on any atom is 0.397 e. The molecular formula is C16H27N3O6S. The van der Waals surface area contributed by atoms with Gasteiger partial charge >= 0.3 is 11.9 Å². The Morgan fingerprint density at radius 1 is 1.19 bits per heavy atom. The largest absolute Gasteiger partial charge is 0.459 e. The number of esters is 1. The second kappa shape index (κ2) is 8.34. The molecule has 0 aliphatic carbocycles. The van der Waals surface area contributed by atoms with E-state index in [0.29, 0.717) is 32.6 Å². The quantitative estimate of drug-likeness (QED) is 0.436. The van der Waals surface area contributed by atoms with Crippen molar-refractivity contribution < 1.29 is 27.5 Å². The molecule has 0 spiro atoms. The minimum absolute atomic E-state index is 0.0176. The van der Waals surface area contributed by atoms with Gasteiger partial charge < -0.3 is 14.5 Å². The molecule has 0 unspecified atom stereocenters. The van der Waals surface area contributed by atoms with Crippen molar-refractivity contribution in [2.75, 3.05) is 51.3 Å². The predicted molar refractivity (Wildman–Crippen MR) is 94.1 cm³/mol. The van der Waals surface area contributed by atoms with Gasteiger partial charge in [-0.1, -0.05) is 0 Å². The maximum absolute atomic E-state index is 12.7. The van der Waals surface area contributed by atoms with Gasteiger partial charge in [0.1, 0.15) is 0 Å². The Hall–Kier alpha value is -1.68. The number of hydrogen-bond acceptors (Lipinski definition) is 7. The average Bonchev–Trinajstić information content (AvgIpc) is 2.99. The number of carbonyl (C=O) groups is 3. The lowest BCUT2D eigenvalue weighted by molar-refractivity contribution is -0.161. The van der Waals surface area contributed by atoms with Gasteiger partial charge in [-0.05, 0) is 20.3 Å². The van der Waals surface area contributed by atoms with Crippen molar-refractivity contribution in [2.24, 2.45) is 0 Å². The second-order valence-electron chi connectivity index (χ2n) is 6.73. The molecule has 9 nitrogen and oxygen atoms in total. The predicted octanol–water partition coefficient (Wildman–Crippen LogP) is -1.27. The summed E-state index contributed by atoms with van der Waals surface area (Å²) < 4.78 is 28.0. The van der Waals surface area contributed by atoms with Crippen molar-refractivity contribution in [1.29, 1.82) is 0 Å². The molecular weight excluding hydrogens is 362 g/mol. The fourth-order valence-corrected chi connectivity index (χ4v) is 5.12. The SMILES string of the molecule is CCOC(=O)C(=O)N1CCN([C@@H](C)C(=O)N(C)[C@@H]2CCS(=O)(=O)C2)CC1. The summed E-state index contributed by atoms with van der Waals surface area (Å²) in [5, 5.41) is 0. The van der Waals surface area contributed by atoms with Crippen molar-refractivity contribution >= 4 is 27.6 Å². The van der Waals surface area contributed by atoms with Gasteiger partial charge in [-0.15, -0.1) is 0 Å². The summed E-state index contributed by atoms with van der Waals surface area (Å²) in [5.41, 5.74) is 0. The minimum Gasteiger partial charge on any atom is -0.459 e. The molecule has 2 fully saturated rings. The normalized spacial score (nSPS) is 24.1. The summed E-state index contributed by atoms with van der Waals surface area (Å²) in [7, 11) is -1.41. The van der Waals surface area contributed by atoms with Gasteiger partial charge in [-0.2, -0.15) is 0 Å². The molecule has 2 heterocycles. The highest BCUT2D eigenvalue weighted by molar-refractivity contribution is 7.91. The number of piperazine rings is 1. The second-order valence-corrected chi connectivity index (χ2v) is 8.96. The number of rotatable bonds is 4. The van der Waals surface area contributed by atoms with Gasteiger partial charge in [-0.3, -0.25) is 14.5 Å². The van der Waals surface area contributed by atoms with Gasteiger partial charge in [0, 0.05) is 39.3 Å². The van der Waals surface area contributed by atoms with Crippen molar-refractivity contribution in [1.82, 2.24) is 14.7 Å². The highest BCUT2D eigenvalue weighted by Crippen LogP contribution is 2.18. The van der Waals surface area contributed by atoms with E-state index in [-0.39, 0.29) is 30.1 Å². The molecule has 2 saturated heterocycles. The molecule has 148 valence electrons. The van der Waals surface area contributed by atoms with E-state index in [0.717, 1.165) is 0 Å². The lowest BCUT2D eigenvalue weighted by Gasteiger charge is -2.38. The van der Waals surface area contributed by atoms with Crippen LogP contribution in [0.25, 0.3) is 0 Å². The van der Waals surface area contributed by atoms with E-state index in [1.165, 1.54) is 9.80 Å². The maximum atomic E-state index is 12.7. The first-order valence-corrected chi connectivity index (χ1v) is 10.7. The molecule has 26 heavy (non-hydrogen) atoms. The van der Waals surface area contributed by atoms with E-state index in [9.17, 15) is 22.8 Å². The third-order valence-electron chi connectivity index (χ3n) is 5.06. The first kappa shape index (κ1) is 20.6. The zero-order chi connectivity index (χ0) is 19.5. The fraction of sp³-hybridized carbons (Fsp3) is 0.812. The molecule has 2 rings (SSSR count). The molecule has 2 aliphatic rings. The molecule has 2 amide bonds. The fourth-order valence-electron chi connectivity index (χ4n) is 3.35. The van der Waals surface area contributed by atoms with E-state index in [4.69, 9.17) is 4.74 Å². The van der Waals surface area contributed by atoms with E-state index < -0.39 is 27.8 Å². The van der Waals surface area contributed by atoms with Gasteiger partial charge in [0.05, 0.1) is 24.2 Å². The number of nitrogens with zero attached hydrogens (tertiary/aromatic N) is 3. The molecule has 0 aromatic heterocycles. The van der Waals surface area contributed by atoms with Gasteiger partial charge in [0.25, 0.3) is 0 Å². The smallest absolute Gasteiger partial charge is 0.397 e. The zero-order valence-corrected chi connectivity index (χ0v) is 16.3. The molecule has 0 N–H and O–H groups in total. The number of sulfone groups is 1. The monoisotopic (exact) mass is 389 g/mol. The number of ether oxygens (including phenoxy) is 1. The van der Waals surface area contributed by atoms with Crippen molar-refractivity contribution in [3.8, 4) is 0 Å². The van der Waals surface area contributed by atoms with Gasteiger partial charge in [-0.25, -0.2) is 13.2 Å². The molecule has 2 atom stereocenters. The lowest BCUT2D eigenvalue weighted by atomic mass is 10.1. The van der Waals surface area contributed by atoms with Crippen LogP contribution < -0.4 is 0 Å². The number of carbonyl (C=O) groups excluding carboxylic acids is 3. The van der Waals surface area contributed by atoms with Crippen LogP contribution in [0.5, 0.6) is 0 Å². The number of hydrogen-bond donors (Lipinski definition) is 0. The van der Waals surface area contributed by atoms with Crippen molar-refractivity contribution in [3.05, 3.63) is 0 Å². The molecule has 0 radical (unpaired) electrons. The molecule has 0 aromatic rings. The van der Waals surface area contributed by atoms with Gasteiger partial charge in [0.2, 0.25) is 5.91 Å². The zero-order valence-electron chi connectivity index (χ0n) is 15.5. The molecule has 10 heteroatoms. The van der Waals surface area contributed by atoms with Crippen molar-refractivity contribution in [3.63, 3.8) is 0 Å². The molecule has 0 bridgehead atoms. The summed E-state index contributed by atoms with van der Waals surface area (Å²) in [6.45, 7) is 5.20. The van der Waals surface area contributed by atoms with Crippen LogP contribution in [0.15, 0.2) is 0 Å². The Labute approximate surface area is 154 Å². The molecule has 0 saturated carbocycles. The first-order valence-electron chi connectivity index (χ1n) is 8.83. The minimum atomic E-state index is -3.05. The number of amides is 2. The van der Waals surface area contributed by atoms with E-state index in [1.54, 1.807) is 20.9 Å². The van der Waals surface area contributed by atoms with E-state index in [2.05, 4.69) is 0 Å². The van der Waals surface area contributed by atoms with Crippen LogP contribution in [0.4, 0.5) is 0 Å². The third kappa shape index (κ3) is 4.73. The van der Waals surface area contributed by atoms with Gasteiger partial charge in [0.15, 0.2) is 9.84 Å². The van der Waals surface area contributed by atoms with Crippen molar-refractivity contribution in [2.45, 2.75) is 32.4 Å². The summed E-state index contributed by atoms with van der Waals surface area (Å²) in [6.07, 6.45) is 0.471. The van der Waals surface area contributed by atoms with Crippen LogP contribution in [0.1, 0.15) is 20.3 Å².